The maximum absolute atomic E-state index is 14.3. The predicted molar refractivity (Wildman–Crippen MR) is 187 cm³/mol. The summed E-state index contributed by atoms with van der Waals surface area (Å²) in [6.07, 6.45) is 7.00. The summed E-state index contributed by atoms with van der Waals surface area (Å²) in [6.45, 7) is 1.61. The zero-order valence-corrected chi connectivity index (χ0v) is 26.3. The minimum atomic E-state index is -0.703. The third-order valence-electron chi connectivity index (χ3n) is 9.35. The standard InChI is InChI=1S/C39H40N6O2/c46-38(29-19-21-40-22-20-29)44-34(18-17-27-13-8-12-26-9-4-5-14-31(26)27)39(47)45-35(23-30-24-41-33-16-7-6-15-32(30)33)37-42-25-36(43-37)28-10-2-1-3-11-28/h1-16,24-25,29,34-35,40-41H,17-23H2,(H,42,43)(H,44,46)(H,45,47)/t34-,35-/m1/s1. The van der Waals surface area contributed by atoms with E-state index in [1.807, 2.05) is 73.1 Å². The van der Waals surface area contributed by atoms with Crippen molar-refractivity contribution in [1.82, 2.24) is 30.9 Å². The molecular weight excluding hydrogens is 584 g/mol. The van der Waals surface area contributed by atoms with Crippen LogP contribution in [0.2, 0.25) is 0 Å². The van der Waals surface area contributed by atoms with Crippen LogP contribution in [-0.4, -0.2) is 45.9 Å². The van der Waals surface area contributed by atoms with Gasteiger partial charge in [-0.1, -0.05) is 91.0 Å². The SMILES string of the molecule is O=C(N[C@H](CCc1cccc2ccccc12)C(=O)N[C@H](Cc1c[nH]c2ccccc12)c1ncc(-c2ccccc2)[nH]1)C1CCNCC1. The number of piperidine rings is 1. The third-order valence-corrected chi connectivity index (χ3v) is 9.35. The summed E-state index contributed by atoms with van der Waals surface area (Å²) in [5, 5.41) is 13.2. The smallest absolute Gasteiger partial charge is 0.243 e. The lowest BCUT2D eigenvalue weighted by Crippen LogP contribution is -2.50. The van der Waals surface area contributed by atoms with Gasteiger partial charge in [0, 0.05) is 29.4 Å². The Morgan fingerprint density at radius 1 is 0.809 bits per heavy atom. The van der Waals surface area contributed by atoms with Crippen molar-refractivity contribution in [3.8, 4) is 11.3 Å². The average molecular weight is 625 g/mol. The summed E-state index contributed by atoms with van der Waals surface area (Å²) < 4.78 is 0. The molecule has 238 valence electrons. The molecule has 6 aromatic rings. The number of carbonyl (C=O) groups is 2. The highest BCUT2D eigenvalue weighted by molar-refractivity contribution is 5.89. The molecule has 8 heteroatoms. The number of hydrogen-bond donors (Lipinski definition) is 5. The molecule has 1 aliphatic heterocycles. The van der Waals surface area contributed by atoms with Gasteiger partial charge in [-0.3, -0.25) is 9.59 Å². The number of benzene rings is 4. The second-order valence-electron chi connectivity index (χ2n) is 12.4. The summed E-state index contributed by atoms with van der Waals surface area (Å²) in [4.78, 5) is 39.4. The van der Waals surface area contributed by atoms with Gasteiger partial charge in [-0.25, -0.2) is 4.98 Å². The number of nitrogens with one attached hydrogen (secondary N) is 5. The zero-order valence-electron chi connectivity index (χ0n) is 26.3. The van der Waals surface area contributed by atoms with E-state index in [9.17, 15) is 9.59 Å². The number of aromatic amines is 2. The second-order valence-corrected chi connectivity index (χ2v) is 12.4. The molecular formula is C39H40N6O2. The number of carbonyl (C=O) groups excluding carboxylic acids is 2. The first-order valence-electron chi connectivity index (χ1n) is 16.6. The second kappa shape index (κ2) is 14.1. The molecule has 3 heterocycles. The van der Waals surface area contributed by atoms with Crippen molar-refractivity contribution < 1.29 is 9.59 Å². The van der Waals surface area contributed by atoms with Crippen LogP contribution < -0.4 is 16.0 Å². The molecule has 2 aromatic heterocycles. The van der Waals surface area contributed by atoms with Gasteiger partial charge in [-0.05, 0) is 72.3 Å². The fourth-order valence-electron chi connectivity index (χ4n) is 6.74. The number of rotatable bonds is 11. The molecule has 0 spiro atoms. The molecule has 2 amide bonds. The lowest BCUT2D eigenvalue weighted by atomic mass is 9.95. The molecule has 0 aliphatic carbocycles. The van der Waals surface area contributed by atoms with E-state index in [-0.39, 0.29) is 17.7 Å². The number of amides is 2. The highest BCUT2D eigenvalue weighted by atomic mass is 16.2. The summed E-state index contributed by atoms with van der Waals surface area (Å²) >= 11 is 0. The maximum atomic E-state index is 14.3. The van der Waals surface area contributed by atoms with Gasteiger partial charge >= 0.3 is 0 Å². The van der Waals surface area contributed by atoms with Gasteiger partial charge in [0.1, 0.15) is 11.9 Å². The summed E-state index contributed by atoms with van der Waals surface area (Å²) in [6, 6.07) is 31.6. The molecule has 8 nitrogen and oxygen atoms in total. The molecule has 47 heavy (non-hydrogen) atoms. The first-order valence-corrected chi connectivity index (χ1v) is 16.6. The van der Waals surface area contributed by atoms with E-state index in [4.69, 9.17) is 4.98 Å². The molecule has 0 bridgehead atoms. The predicted octanol–water partition coefficient (Wildman–Crippen LogP) is 6.23. The number of nitrogens with zero attached hydrogens (tertiary/aromatic N) is 1. The van der Waals surface area contributed by atoms with Crippen LogP contribution in [0.1, 0.15) is 42.3 Å². The van der Waals surface area contributed by atoms with E-state index in [0.29, 0.717) is 25.1 Å². The lowest BCUT2D eigenvalue weighted by molar-refractivity contribution is -0.132. The molecule has 0 radical (unpaired) electrons. The Labute approximate surface area is 274 Å². The van der Waals surface area contributed by atoms with Gasteiger partial charge in [0.25, 0.3) is 0 Å². The Balaban J connectivity index is 1.17. The van der Waals surface area contributed by atoms with Crippen LogP contribution in [0, 0.1) is 5.92 Å². The van der Waals surface area contributed by atoms with E-state index < -0.39 is 12.1 Å². The fraction of sp³-hybridized carbons (Fsp3) is 0.256. The van der Waals surface area contributed by atoms with Crippen molar-refractivity contribution in [2.45, 2.75) is 44.2 Å². The molecule has 1 fully saturated rings. The molecule has 1 aliphatic rings. The topological polar surface area (TPSA) is 115 Å². The van der Waals surface area contributed by atoms with Crippen LogP contribution >= 0.6 is 0 Å². The summed E-state index contributed by atoms with van der Waals surface area (Å²) in [5.74, 6) is 0.293. The number of aryl methyl sites for hydroxylation is 1. The van der Waals surface area contributed by atoms with E-state index >= 15 is 0 Å². The molecule has 4 aromatic carbocycles. The minimum absolute atomic E-state index is 0.0536. The first kappa shape index (κ1) is 30.4. The van der Waals surface area contributed by atoms with Crippen LogP contribution in [0.5, 0.6) is 0 Å². The minimum Gasteiger partial charge on any atom is -0.361 e. The zero-order chi connectivity index (χ0) is 32.0. The quantitative estimate of drug-likeness (QED) is 0.118. The number of H-pyrrole nitrogens is 2. The van der Waals surface area contributed by atoms with E-state index in [1.54, 1.807) is 0 Å². The Hall–Kier alpha value is -5.21. The van der Waals surface area contributed by atoms with Crippen LogP contribution in [0.25, 0.3) is 32.9 Å². The Bertz CT molecular complexity index is 1970. The van der Waals surface area contributed by atoms with E-state index in [0.717, 1.165) is 64.6 Å². The Morgan fingerprint density at radius 3 is 2.40 bits per heavy atom. The Kier molecular flexibility index (Phi) is 9.10. The van der Waals surface area contributed by atoms with Crippen molar-refractivity contribution in [1.29, 1.82) is 0 Å². The van der Waals surface area contributed by atoms with Gasteiger partial charge in [0.15, 0.2) is 0 Å². The third kappa shape index (κ3) is 6.98. The molecule has 7 rings (SSSR count). The number of para-hydroxylation sites is 1. The number of hydrogen-bond acceptors (Lipinski definition) is 4. The normalized spacial score (nSPS) is 15.0. The highest BCUT2D eigenvalue weighted by Crippen LogP contribution is 2.26. The van der Waals surface area contributed by atoms with Crippen molar-refractivity contribution in [2.24, 2.45) is 5.92 Å². The fourth-order valence-corrected chi connectivity index (χ4v) is 6.74. The molecule has 0 saturated carbocycles. The van der Waals surface area contributed by atoms with Gasteiger partial charge in [-0.2, -0.15) is 0 Å². The highest BCUT2D eigenvalue weighted by Gasteiger charge is 2.29. The van der Waals surface area contributed by atoms with Crippen molar-refractivity contribution >= 4 is 33.5 Å². The first-order chi connectivity index (χ1) is 23.1. The summed E-state index contributed by atoms with van der Waals surface area (Å²) in [5.41, 5.74) is 5.18. The van der Waals surface area contributed by atoms with Gasteiger partial charge in [0.05, 0.1) is 17.9 Å². The van der Waals surface area contributed by atoms with E-state index in [1.165, 1.54) is 5.39 Å². The largest absolute Gasteiger partial charge is 0.361 e. The van der Waals surface area contributed by atoms with Gasteiger partial charge < -0.3 is 25.9 Å². The summed E-state index contributed by atoms with van der Waals surface area (Å²) in [7, 11) is 0. The van der Waals surface area contributed by atoms with Crippen molar-refractivity contribution in [3.63, 3.8) is 0 Å². The number of aromatic nitrogens is 3. The van der Waals surface area contributed by atoms with Crippen molar-refractivity contribution in [3.05, 3.63) is 126 Å². The molecule has 1 saturated heterocycles. The Morgan fingerprint density at radius 2 is 1.55 bits per heavy atom. The molecule has 2 atom stereocenters. The lowest BCUT2D eigenvalue weighted by Gasteiger charge is -2.26. The monoisotopic (exact) mass is 624 g/mol. The number of imidazole rings is 1. The van der Waals surface area contributed by atoms with Gasteiger partial charge in [-0.15, -0.1) is 0 Å². The maximum Gasteiger partial charge on any atom is 0.243 e. The van der Waals surface area contributed by atoms with Crippen LogP contribution in [0.3, 0.4) is 0 Å². The van der Waals surface area contributed by atoms with E-state index in [2.05, 4.69) is 62.3 Å². The van der Waals surface area contributed by atoms with Crippen LogP contribution in [-0.2, 0) is 22.4 Å². The molecule has 0 unspecified atom stereocenters. The average Bonchev–Trinajstić information content (AvgIpc) is 3.78. The molecule has 5 N–H and O–H groups in total. The van der Waals surface area contributed by atoms with Crippen LogP contribution in [0.15, 0.2) is 109 Å². The van der Waals surface area contributed by atoms with Crippen LogP contribution in [0.4, 0.5) is 0 Å². The van der Waals surface area contributed by atoms with Crippen molar-refractivity contribution in [2.75, 3.05) is 13.1 Å². The van der Waals surface area contributed by atoms with Gasteiger partial charge in [0.2, 0.25) is 11.8 Å². The number of fused-ring (bicyclic) bond motifs is 2.